The normalized spacial score (nSPS) is 12.2. The Labute approximate surface area is 139 Å². The Kier molecular flexibility index (Phi) is 3.41. The average Bonchev–Trinajstić information content (AvgIpc) is 2.34. The zero-order valence-electron chi connectivity index (χ0n) is 8.34. The molecule has 0 N–H and O–H groups in total. The molecule has 2 aromatic carbocycles. The monoisotopic (exact) mass is 562 g/mol. The van der Waals surface area contributed by atoms with E-state index in [4.69, 9.17) is 9.47 Å². The first-order valence-corrected chi connectivity index (χ1v) is 8.02. The van der Waals surface area contributed by atoms with Gasteiger partial charge in [0, 0.05) is 3.57 Å². The Morgan fingerprint density at radius 2 is 1.35 bits per heavy atom. The third-order valence-corrected chi connectivity index (χ3v) is 6.11. The lowest BCUT2D eigenvalue weighted by atomic mass is 10.2. The number of rotatable bonds is 0. The molecule has 1 aliphatic rings. The van der Waals surface area contributed by atoms with Crippen molar-refractivity contribution in [1.29, 1.82) is 0 Å². The fraction of sp³-hybridized carbons (Fsp3) is 0. The topological polar surface area (TPSA) is 18.5 Å². The summed E-state index contributed by atoms with van der Waals surface area (Å²) in [5, 5.41) is 0. The van der Waals surface area contributed by atoms with E-state index in [1.54, 1.807) is 0 Å². The second kappa shape index (κ2) is 4.72. The maximum Gasteiger partial charge on any atom is 0.185 e. The Balaban J connectivity index is 2.21. The third-order valence-electron chi connectivity index (χ3n) is 2.36. The van der Waals surface area contributed by atoms with Gasteiger partial charge in [0.25, 0.3) is 0 Å². The molecule has 0 saturated heterocycles. The number of hydrogen-bond donors (Lipinski definition) is 0. The zero-order valence-corrected chi connectivity index (χ0v) is 14.8. The van der Waals surface area contributed by atoms with Crippen LogP contribution in [0.25, 0.3) is 0 Å². The minimum absolute atomic E-state index is 0.773. The molecule has 0 amide bonds. The van der Waals surface area contributed by atoms with Crippen molar-refractivity contribution in [2.45, 2.75) is 0 Å². The standard InChI is InChI=1S/C12H5I3O2/c13-6-5-7(14)11-12(10(6)15)17-9-4-2-1-3-8(9)16-11/h1-5H. The van der Waals surface area contributed by atoms with E-state index in [-0.39, 0.29) is 0 Å². The average molecular weight is 562 g/mol. The molecule has 0 radical (unpaired) electrons. The first-order chi connectivity index (χ1) is 8.16. The second-order valence-corrected chi connectivity index (χ2v) is 6.87. The summed E-state index contributed by atoms with van der Waals surface area (Å²) in [6.07, 6.45) is 0. The van der Waals surface area contributed by atoms with Gasteiger partial charge in [-0.3, -0.25) is 0 Å². The van der Waals surface area contributed by atoms with E-state index in [1.165, 1.54) is 3.57 Å². The van der Waals surface area contributed by atoms with Crippen LogP contribution in [0.4, 0.5) is 0 Å². The largest absolute Gasteiger partial charge is 0.448 e. The lowest BCUT2D eigenvalue weighted by Gasteiger charge is -2.22. The molecule has 0 fully saturated rings. The Morgan fingerprint density at radius 1 is 0.765 bits per heavy atom. The van der Waals surface area contributed by atoms with Gasteiger partial charge in [0.05, 0.1) is 7.14 Å². The van der Waals surface area contributed by atoms with Gasteiger partial charge in [-0.15, -0.1) is 0 Å². The van der Waals surface area contributed by atoms with Crippen molar-refractivity contribution in [2.24, 2.45) is 0 Å². The molecule has 2 aromatic rings. The minimum atomic E-state index is 0.773. The Morgan fingerprint density at radius 3 is 2.00 bits per heavy atom. The van der Waals surface area contributed by atoms with Crippen molar-refractivity contribution in [2.75, 3.05) is 0 Å². The van der Waals surface area contributed by atoms with Crippen LogP contribution < -0.4 is 9.47 Å². The molecule has 0 aromatic heterocycles. The molecule has 0 aliphatic carbocycles. The van der Waals surface area contributed by atoms with Gasteiger partial charge in [-0.05, 0) is 86.0 Å². The summed E-state index contributed by atoms with van der Waals surface area (Å²) >= 11 is 6.87. The number of benzene rings is 2. The van der Waals surface area contributed by atoms with Gasteiger partial charge < -0.3 is 9.47 Å². The molecule has 3 rings (SSSR count). The number of halogens is 3. The lowest BCUT2D eigenvalue weighted by Crippen LogP contribution is -2.03. The predicted octanol–water partition coefficient (Wildman–Crippen LogP) is 5.40. The fourth-order valence-corrected chi connectivity index (χ4v) is 3.91. The summed E-state index contributed by atoms with van der Waals surface area (Å²) in [4.78, 5) is 0. The molecule has 17 heavy (non-hydrogen) atoms. The van der Waals surface area contributed by atoms with Gasteiger partial charge in [-0.1, -0.05) is 12.1 Å². The van der Waals surface area contributed by atoms with Crippen molar-refractivity contribution in [3.05, 3.63) is 41.0 Å². The number of hydrogen-bond acceptors (Lipinski definition) is 2. The van der Waals surface area contributed by atoms with E-state index in [1.807, 2.05) is 24.3 Å². The smallest absolute Gasteiger partial charge is 0.185 e. The maximum absolute atomic E-state index is 5.93. The van der Waals surface area contributed by atoms with Gasteiger partial charge in [0.15, 0.2) is 23.0 Å². The highest BCUT2D eigenvalue weighted by molar-refractivity contribution is 14.1. The van der Waals surface area contributed by atoms with Crippen molar-refractivity contribution in [3.63, 3.8) is 0 Å². The van der Waals surface area contributed by atoms with E-state index >= 15 is 0 Å². The Hall–Kier alpha value is 0.230. The molecule has 0 atom stereocenters. The maximum atomic E-state index is 5.93. The highest BCUT2D eigenvalue weighted by atomic mass is 127. The van der Waals surface area contributed by atoms with Gasteiger partial charge >= 0.3 is 0 Å². The molecule has 86 valence electrons. The minimum Gasteiger partial charge on any atom is -0.448 e. The number of para-hydroxylation sites is 2. The predicted molar refractivity (Wildman–Crippen MR) is 91.2 cm³/mol. The van der Waals surface area contributed by atoms with Crippen molar-refractivity contribution in [3.8, 4) is 23.0 Å². The van der Waals surface area contributed by atoms with E-state index in [2.05, 4.69) is 73.8 Å². The van der Waals surface area contributed by atoms with Gasteiger partial charge in [0.1, 0.15) is 0 Å². The highest BCUT2D eigenvalue weighted by Gasteiger charge is 2.24. The summed E-state index contributed by atoms with van der Waals surface area (Å²) in [5.41, 5.74) is 0. The molecular weight excluding hydrogens is 557 g/mol. The molecule has 1 aliphatic heterocycles. The van der Waals surface area contributed by atoms with Crippen LogP contribution in [-0.4, -0.2) is 0 Å². The number of fused-ring (bicyclic) bond motifs is 2. The van der Waals surface area contributed by atoms with Gasteiger partial charge in [-0.25, -0.2) is 0 Å². The van der Waals surface area contributed by atoms with Crippen LogP contribution in [0.15, 0.2) is 30.3 Å². The Bertz CT molecular complexity index is 611. The summed E-state index contributed by atoms with van der Waals surface area (Å²) in [5.74, 6) is 3.18. The van der Waals surface area contributed by atoms with Crippen LogP contribution in [0.3, 0.4) is 0 Å². The van der Waals surface area contributed by atoms with Crippen molar-refractivity contribution in [1.82, 2.24) is 0 Å². The molecule has 0 spiro atoms. The highest BCUT2D eigenvalue weighted by Crippen LogP contribution is 2.50. The van der Waals surface area contributed by atoms with Crippen LogP contribution in [0.2, 0.25) is 0 Å². The lowest BCUT2D eigenvalue weighted by molar-refractivity contribution is 0.355. The summed E-state index contributed by atoms with van der Waals surface area (Å²) in [6.45, 7) is 0. The summed E-state index contributed by atoms with van der Waals surface area (Å²) < 4.78 is 15.2. The SMILES string of the molecule is Ic1cc(I)c2c(c1I)Oc1ccccc1O2. The molecule has 2 nitrogen and oxygen atoms in total. The van der Waals surface area contributed by atoms with Crippen LogP contribution in [-0.2, 0) is 0 Å². The van der Waals surface area contributed by atoms with E-state index < -0.39 is 0 Å². The summed E-state index contributed by atoms with van der Waals surface area (Å²) in [6, 6.07) is 9.82. The van der Waals surface area contributed by atoms with Gasteiger partial charge in [0.2, 0.25) is 0 Å². The molecule has 0 unspecified atom stereocenters. The van der Waals surface area contributed by atoms with Gasteiger partial charge in [-0.2, -0.15) is 0 Å². The van der Waals surface area contributed by atoms with E-state index in [0.29, 0.717) is 0 Å². The molecule has 1 heterocycles. The van der Waals surface area contributed by atoms with Crippen molar-refractivity contribution < 1.29 is 9.47 Å². The summed E-state index contributed by atoms with van der Waals surface area (Å²) in [7, 11) is 0. The molecule has 5 heteroatoms. The van der Waals surface area contributed by atoms with Crippen LogP contribution in [0.5, 0.6) is 23.0 Å². The van der Waals surface area contributed by atoms with Crippen molar-refractivity contribution >= 4 is 67.8 Å². The third kappa shape index (κ3) is 2.14. The van der Waals surface area contributed by atoms with Crippen LogP contribution in [0, 0.1) is 10.7 Å². The van der Waals surface area contributed by atoms with Crippen LogP contribution in [0.1, 0.15) is 0 Å². The molecular formula is C12H5I3O2. The first-order valence-electron chi connectivity index (χ1n) is 4.79. The van der Waals surface area contributed by atoms with E-state index in [9.17, 15) is 0 Å². The van der Waals surface area contributed by atoms with E-state index in [0.717, 1.165) is 30.1 Å². The zero-order chi connectivity index (χ0) is 12.0. The molecule has 0 saturated carbocycles. The van der Waals surface area contributed by atoms with Crippen LogP contribution >= 0.6 is 67.8 Å². The first kappa shape index (κ1) is 12.3. The quantitative estimate of drug-likeness (QED) is 0.270. The molecule has 0 bridgehead atoms. The second-order valence-electron chi connectivity index (χ2n) is 3.46. The fourth-order valence-electron chi connectivity index (χ4n) is 1.58. The number of ether oxygens (including phenoxy) is 2.